The van der Waals surface area contributed by atoms with Crippen molar-refractivity contribution < 1.29 is 4.79 Å². The Hall–Kier alpha value is -2.88. The summed E-state index contributed by atoms with van der Waals surface area (Å²) in [4.78, 5) is 22.7. The summed E-state index contributed by atoms with van der Waals surface area (Å²) in [6.45, 7) is 3.71. The molecule has 0 bridgehead atoms. The maximum atomic E-state index is 13.2. The van der Waals surface area contributed by atoms with E-state index in [2.05, 4.69) is 41.2 Å². The predicted molar refractivity (Wildman–Crippen MR) is 103 cm³/mol. The molecule has 1 saturated heterocycles. The highest BCUT2D eigenvalue weighted by atomic mass is 16.2. The van der Waals surface area contributed by atoms with Crippen molar-refractivity contribution in [1.82, 2.24) is 14.9 Å². The first kappa shape index (κ1) is 16.6. The number of likely N-dealkylation sites (tertiary alicyclic amines) is 1. The van der Waals surface area contributed by atoms with Gasteiger partial charge in [-0.3, -0.25) is 4.79 Å². The van der Waals surface area contributed by atoms with E-state index in [0.717, 1.165) is 37.3 Å². The number of hydrogen-bond donors (Lipinski definition) is 1. The van der Waals surface area contributed by atoms with Gasteiger partial charge < -0.3 is 9.88 Å². The normalized spacial score (nSPS) is 17.3. The number of carbonyl (C=O) groups is 1. The quantitative estimate of drug-likeness (QED) is 0.764. The van der Waals surface area contributed by atoms with E-state index in [0.29, 0.717) is 11.5 Å². The van der Waals surface area contributed by atoms with Gasteiger partial charge in [0.25, 0.3) is 5.91 Å². The fraction of sp³-hybridized carbons (Fsp3) is 0.273. The predicted octanol–water partition coefficient (Wildman–Crippen LogP) is 4.40. The van der Waals surface area contributed by atoms with Gasteiger partial charge in [0.1, 0.15) is 5.82 Å². The van der Waals surface area contributed by atoms with Crippen LogP contribution in [0.2, 0.25) is 0 Å². The number of imidazole rings is 1. The Kier molecular flexibility index (Phi) is 4.57. The van der Waals surface area contributed by atoms with Crippen LogP contribution in [0.1, 0.15) is 40.2 Å². The molecule has 0 unspecified atom stereocenters. The number of piperidine rings is 1. The summed E-state index contributed by atoms with van der Waals surface area (Å²) in [5.41, 5.74) is 4.18. The molecule has 1 aromatic heterocycles. The van der Waals surface area contributed by atoms with Crippen LogP contribution >= 0.6 is 0 Å². The number of amides is 1. The number of aromatic nitrogens is 2. The molecule has 4 heteroatoms. The van der Waals surface area contributed by atoms with E-state index >= 15 is 0 Å². The number of rotatable bonds is 3. The molecule has 1 N–H and O–H groups in total. The van der Waals surface area contributed by atoms with Crippen LogP contribution in [-0.4, -0.2) is 33.9 Å². The van der Waals surface area contributed by atoms with Crippen LogP contribution in [-0.2, 0) is 0 Å². The monoisotopic (exact) mass is 345 g/mol. The Morgan fingerprint density at radius 3 is 2.88 bits per heavy atom. The molecular weight excluding hydrogens is 322 g/mol. The minimum Gasteiger partial charge on any atom is -0.345 e. The summed E-state index contributed by atoms with van der Waals surface area (Å²) >= 11 is 0. The number of benzene rings is 2. The number of aryl methyl sites for hydroxylation is 1. The Morgan fingerprint density at radius 2 is 2.08 bits per heavy atom. The van der Waals surface area contributed by atoms with Gasteiger partial charge in [0.15, 0.2) is 0 Å². The van der Waals surface area contributed by atoms with E-state index < -0.39 is 0 Å². The second-order valence-electron chi connectivity index (χ2n) is 6.99. The number of hydrogen-bond acceptors (Lipinski definition) is 2. The molecule has 1 atom stereocenters. The Balaban J connectivity index is 1.59. The van der Waals surface area contributed by atoms with Gasteiger partial charge in [0.2, 0.25) is 0 Å². The highest BCUT2D eigenvalue weighted by Gasteiger charge is 2.27. The lowest BCUT2D eigenvalue weighted by Gasteiger charge is -2.33. The van der Waals surface area contributed by atoms with E-state index in [1.165, 1.54) is 11.1 Å². The number of nitrogens with zero attached hydrogens (tertiary/aromatic N) is 2. The van der Waals surface area contributed by atoms with E-state index in [-0.39, 0.29) is 5.91 Å². The Bertz CT molecular complexity index is 901. The lowest BCUT2D eigenvalue weighted by molar-refractivity contribution is 0.0708. The Labute approximate surface area is 153 Å². The van der Waals surface area contributed by atoms with Gasteiger partial charge in [-0.05, 0) is 31.4 Å². The van der Waals surface area contributed by atoms with Crippen molar-refractivity contribution in [1.29, 1.82) is 0 Å². The van der Waals surface area contributed by atoms with Crippen LogP contribution in [0.3, 0.4) is 0 Å². The molecule has 1 fully saturated rings. The second kappa shape index (κ2) is 7.16. The zero-order chi connectivity index (χ0) is 17.9. The smallest absolute Gasteiger partial charge is 0.254 e. The standard InChI is InChI=1S/C22H23N3O/c1-16-6-4-7-17(14-16)18-8-5-13-25(15-18)22(26)20-10-3-2-9-19(20)21-23-11-12-24-21/h2-4,6-7,9-12,14,18H,5,8,13,15H2,1H3,(H,23,24)/t18-/m0/s1. The van der Waals surface area contributed by atoms with Crippen LogP contribution in [0, 0.1) is 6.92 Å². The summed E-state index contributed by atoms with van der Waals surface area (Å²) < 4.78 is 0. The highest BCUT2D eigenvalue weighted by molar-refractivity contribution is 6.00. The van der Waals surface area contributed by atoms with Crippen LogP contribution in [0.4, 0.5) is 0 Å². The van der Waals surface area contributed by atoms with Gasteiger partial charge in [-0.25, -0.2) is 4.98 Å². The number of carbonyl (C=O) groups excluding carboxylic acids is 1. The third kappa shape index (κ3) is 3.27. The topological polar surface area (TPSA) is 49.0 Å². The average molecular weight is 345 g/mol. The molecule has 2 aromatic carbocycles. The molecule has 4 nitrogen and oxygen atoms in total. The molecule has 0 saturated carbocycles. The fourth-order valence-corrected chi connectivity index (χ4v) is 3.82. The third-order valence-corrected chi connectivity index (χ3v) is 5.13. The van der Waals surface area contributed by atoms with Gasteiger partial charge >= 0.3 is 0 Å². The van der Waals surface area contributed by atoms with Gasteiger partial charge in [0.05, 0.1) is 5.56 Å². The minimum atomic E-state index is 0.0920. The molecule has 4 rings (SSSR count). The highest BCUT2D eigenvalue weighted by Crippen LogP contribution is 2.29. The molecule has 2 heterocycles. The van der Waals surface area contributed by atoms with Crippen molar-refractivity contribution in [2.45, 2.75) is 25.7 Å². The molecule has 26 heavy (non-hydrogen) atoms. The number of nitrogens with one attached hydrogen (secondary N) is 1. The second-order valence-corrected chi connectivity index (χ2v) is 6.99. The summed E-state index contributed by atoms with van der Waals surface area (Å²) in [6.07, 6.45) is 5.66. The maximum Gasteiger partial charge on any atom is 0.254 e. The van der Waals surface area contributed by atoms with Gasteiger partial charge in [-0.1, -0.05) is 48.0 Å². The van der Waals surface area contributed by atoms with E-state index in [9.17, 15) is 4.79 Å². The number of H-pyrrole nitrogens is 1. The van der Waals surface area contributed by atoms with Crippen LogP contribution in [0.25, 0.3) is 11.4 Å². The summed E-state index contributed by atoms with van der Waals surface area (Å²) in [7, 11) is 0. The fourth-order valence-electron chi connectivity index (χ4n) is 3.82. The van der Waals surface area contributed by atoms with Gasteiger partial charge in [-0.15, -0.1) is 0 Å². The zero-order valence-corrected chi connectivity index (χ0v) is 15.0. The molecule has 0 spiro atoms. The lowest BCUT2D eigenvalue weighted by Crippen LogP contribution is -2.39. The number of aromatic amines is 1. The average Bonchev–Trinajstić information content (AvgIpc) is 3.22. The lowest BCUT2D eigenvalue weighted by atomic mass is 9.89. The van der Waals surface area contributed by atoms with Crippen molar-refractivity contribution in [3.8, 4) is 11.4 Å². The molecular formula is C22H23N3O. The van der Waals surface area contributed by atoms with Crippen LogP contribution < -0.4 is 0 Å². The summed E-state index contributed by atoms with van der Waals surface area (Å²) in [6, 6.07) is 16.4. The van der Waals surface area contributed by atoms with Gasteiger partial charge in [0, 0.05) is 37.0 Å². The maximum absolute atomic E-state index is 13.2. The Morgan fingerprint density at radius 1 is 1.19 bits per heavy atom. The van der Waals surface area contributed by atoms with Crippen LogP contribution in [0.15, 0.2) is 60.9 Å². The SMILES string of the molecule is Cc1cccc([C@H]2CCCN(C(=O)c3ccccc3-c3ncc[nH]3)C2)c1. The molecule has 1 aliphatic rings. The molecule has 3 aromatic rings. The molecule has 132 valence electrons. The van der Waals surface area contributed by atoms with Crippen molar-refractivity contribution in [2.75, 3.05) is 13.1 Å². The molecule has 1 amide bonds. The molecule has 0 aliphatic carbocycles. The minimum absolute atomic E-state index is 0.0920. The first-order chi connectivity index (χ1) is 12.7. The van der Waals surface area contributed by atoms with Crippen LogP contribution in [0.5, 0.6) is 0 Å². The van der Waals surface area contributed by atoms with Crippen molar-refractivity contribution in [2.24, 2.45) is 0 Å². The van der Waals surface area contributed by atoms with E-state index in [4.69, 9.17) is 0 Å². The summed E-state index contributed by atoms with van der Waals surface area (Å²) in [5, 5.41) is 0. The van der Waals surface area contributed by atoms with E-state index in [1.807, 2.05) is 29.2 Å². The zero-order valence-electron chi connectivity index (χ0n) is 15.0. The largest absolute Gasteiger partial charge is 0.345 e. The van der Waals surface area contributed by atoms with Crippen molar-refractivity contribution >= 4 is 5.91 Å². The van der Waals surface area contributed by atoms with Gasteiger partial charge in [-0.2, -0.15) is 0 Å². The first-order valence-corrected chi connectivity index (χ1v) is 9.17. The summed E-state index contributed by atoms with van der Waals surface area (Å²) in [5.74, 6) is 1.24. The van der Waals surface area contributed by atoms with Crippen molar-refractivity contribution in [3.63, 3.8) is 0 Å². The third-order valence-electron chi connectivity index (χ3n) is 5.13. The van der Waals surface area contributed by atoms with E-state index in [1.54, 1.807) is 12.4 Å². The molecule has 0 radical (unpaired) electrons. The molecule has 1 aliphatic heterocycles. The van der Waals surface area contributed by atoms with Crippen molar-refractivity contribution in [3.05, 3.63) is 77.6 Å². The first-order valence-electron chi connectivity index (χ1n) is 9.17.